The maximum atomic E-state index is 13.7. The molecule has 0 saturated heterocycles. The van der Waals surface area contributed by atoms with Gasteiger partial charge < -0.3 is 10.4 Å². The van der Waals surface area contributed by atoms with Gasteiger partial charge in [-0.25, -0.2) is 9.18 Å². The van der Waals surface area contributed by atoms with Gasteiger partial charge in [-0.15, -0.1) is 0 Å². The highest BCUT2D eigenvalue weighted by atomic mass is 35.5. The van der Waals surface area contributed by atoms with Gasteiger partial charge in [0, 0.05) is 17.1 Å². The molecule has 0 bridgehead atoms. The third-order valence-corrected chi connectivity index (χ3v) is 3.45. The molecule has 1 atom stereocenters. The second-order valence-corrected chi connectivity index (χ2v) is 5.48. The Labute approximate surface area is 127 Å². The molecule has 0 aliphatic heterocycles. The first-order valence-corrected chi connectivity index (χ1v) is 6.79. The summed E-state index contributed by atoms with van der Waals surface area (Å²) >= 11 is 5.89. The third-order valence-electron chi connectivity index (χ3n) is 3.22. The minimum Gasteiger partial charge on any atom is -0.480 e. The molecule has 2 N–H and O–H groups in total. The fraction of sp³-hybridized carbons (Fsp3) is 0.188. The smallest absolute Gasteiger partial charge is 0.329 e. The Morgan fingerprint density at radius 3 is 2.62 bits per heavy atom. The van der Waals surface area contributed by atoms with Gasteiger partial charge in [0.05, 0.1) is 0 Å². The number of benzene rings is 2. The first-order chi connectivity index (χ1) is 9.90. The molecule has 0 saturated carbocycles. The lowest BCUT2D eigenvalue weighted by molar-refractivity contribution is -0.141. The van der Waals surface area contributed by atoms with Gasteiger partial charge in [-0.1, -0.05) is 35.9 Å². The fourth-order valence-corrected chi connectivity index (χ4v) is 2.27. The molecule has 0 radical (unpaired) electrons. The van der Waals surface area contributed by atoms with Crippen molar-refractivity contribution in [3.63, 3.8) is 0 Å². The highest BCUT2D eigenvalue weighted by molar-refractivity contribution is 6.30. The van der Waals surface area contributed by atoms with E-state index in [9.17, 15) is 14.3 Å². The van der Waals surface area contributed by atoms with Crippen LogP contribution >= 0.6 is 11.6 Å². The van der Waals surface area contributed by atoms with E-state index in [1.807, 2.05) is 0 Å². The first-order valence-electron chi connectivity index (χ1n) is 6.41. The highest BCUT2D eigenvalue weighted by Gasteiger charge is 2.34. The summed E-state index contributed by atoms with van der Waals surface area (Å²) in [5.41, 5.74) is -0.423. The molecule has 2 aromatic rings. The van der Waals surface area contributed by atoms with Crippen molar-refractivity contribution < 1.29 is 14.3 Å². The summed E-state index contributed by atoms with van der Waals surface area (Å²) in [5.74, 6) is -1.48. The molecule has 0 heterocycles. The van der Waals surface area contributed by atoms with Gasteiger partial charge >= 0.3 is 5.97 Å². The SMILES string of the molecule is CC(Cc1ccccc1F)(Nc1cccc(Cl)c1)C(=O)O. The van der Waals surface area contributed by atoms with Gasteiger partial charge in [0.1, 0.15) is 11.4 Å². The predicted molar refractivity (Wildman–Crippen MR) is 81.2 cm³/mol. The molecule has 0 aromatic heterocycles. The summed E-state index contributed by atoms with van der Waals surface area (Å²) in [6.45, 7) is 1.52. The average Bonchev–Trinajstić information content (AvgIpc) is 2.41. The van der Waals surface area contributed by atoms with Crippen molar-refractivity contribution >= 4 is 23.3 Å². The number of hydrogen-bond acceptors (Lipinski definition) is 2. The second kappa shape index (κ2) is 6.14. The number of aliphatic carboxylic acids is 1. The predicted octanol–water partition coefficient (Wildman–Crippen LogP) is 3.98. The summed E-state index contributed by atoms with van der Waals surface area (Å²) in [6, 6.07) is 12.9. The number of nitrogens with one attached hydrogen (secondary N) is 1. The summed E-state index contributed by atoms with van der Waals surface area (Å²) in [5, 5.41) is 12.9. The van der Waals surface area contributed by atoms with Crippen LogP contribution in [0.3, 0.4) is 0 Å². The quantitative estimate of drug-likeness (QED) is 0.878. The summed E-state index contributed by atoms with van der Waals surface area (Å²) < 4.78 is 13.7. The Kier molecular flexibility index (Phi) is 4.48. The Morgan fingerprint density at radius 1 is 1.29 bits per heavy atom. The van der Waals surface area contributed by atoms with Crippen molar-refractivity contribution in [3.05, 3.63) is 64.9 Å². The van der Waals surface area contributed by atoms with E-state index in [1.54, 1.807) is 42.5 Å². The zero-order valence-corrected chi connectivity index (χ0v) is 12.2. The Balaban J connectivity index is 2.29. The van der Waals surface area contributed by atoms with Gasteiger partial charge in [-0.2, -0.15) is 0 Å². The topological polar surface area (TPSA) is 49.3 Å². The molecular formula is C16H15ClFNO2. The van der Waals surface area contributed by atoms with E-state index in [-0.39, 0.29) is 6.42 Å². The molecule has 5 heteroatoms. The van der Waals surface area contributed by atoms with E-state index in [2.05, 4.69) is 5.32 Å². The van der Waals surface area contributed by atoms with E-state index in [1.165, 1.54) is 13.0 Å². The van der Waals surface area contributed by atoms with Gasteiger partial charge in [0.2, 0.25) is 0 Å². The molecule has 3 nitrogen and oxygen atoms in total. The van der Waals surface area contributed by atoms with Crippen LogP contribution in [0, 0.1) is 5.82 Å². The van der Waals surface area contributed by atoms with E-state index < -0.39 is 17.3 Å². The average molecular weight is 308 g/mol. The van der Waals surface area contributed by atoms with Crippen LogP contribution in [0.2, 0.25) is 5.02 Å². The van der Waals surface area contributed by atoms with Crippen LogP contribution in [-0.4, -0.2) is 16.6 Å². The van der Waals surface area contributed by atoms with E-state index in [0.29, 0.717) is 16.3 Å². The van der Waals surface area contributed by atoms with E-state index >= 15 is 0 Å². The van der Waals surface area contributed by atoms with Gasteiger partial charge in [0.25, 0.3) is 0 Å². The number of carboxylic acid groups (broad SMARTS) is 1. The number of rotatable bonds is 5. The monoisotopic (exact) mass is 307 g/mol. The van der Waals surface area contributed by atoms with Crippen LogP contribution in [0.5, 0.6) is 0 Å². The number of hydrogen-bond donors (Lipinski definition) is 2. The fourth-order valence-electron chi connectivity index (χ4n) is 2.08. The summed E-state index contributed by atoms with van der Waals surface area (Å²) in [7, 11) is 0. The van der Waals surface area contributed by atoms with Crippen molar-refractivity contribution in [1.82, 2.24) is 0 Å². The lowest BCUT2D eigenvalue weighted by Crippen LogP contribution is -2.45. The van der Waals surface area contributed by atoms with Crippen molar-refractivity contribution in [2.24, 2.45) is 0 Å². The molecule has 0 spiro atoms. The maximum absolute atomic E-state index is 13.7. The van der Waals surface area contributed by atoms with Crippen LogP contribution < -0.4 is 5.32 Å². The minimum absolute atomic E-state index is 0.0154. The van der Waals surface area contributed by atoms with Gasteiger partial charge in [-0.3, -0.25) is 0 Å². The molecule has 0 fully saturated rings. The second-order valence-electron chi connectivity index (χ2n) is 5.04. The number of anilines is 1. The zero-order valence-electron chi connectivity index (χ0n) is 11.4. The number of carboxylic acids is 1. The van der Waals surface area contributed by atoms with Crippen molar-refractivity contribution in [2.75, 3.05) is 5.32 Å². The van der Waals surface area contributed by atoms with E-state index in [4.69, 9.17) is 11.6 Å². The zero-order chi connectivity index (χ0) is 15.5. The largest absolute Gasteiger partial charge is 0.480 e. The van der Waals surface area contributed by atoms with Crippen molar-refractivity contribution in [2.45, 2.75) is 18.9 Å². The Morgan fingerprint density at radius 2 is 2.00 bits per heavy atom. The van der Waals surface area contributed by atoms with Gasteiger partial charge in [-0.05, 0) is 36.8 Å². The molecule has 2 rings (SSSR count). The first kappa shape index (κ1) is 15.3. The van der Waals surface area contributed by atoms with E-state index in [0.717, 1.165) is 0 Å². The molecule has 0 amide bonds. The standard InChI is InChI=1S/C16H15ClFNO2/c1-16(15(20)21,10-11-5-2-3-8-14(11)18)19-13-7-4-6-12(17)9-13/h2-9,19H,10H2,1H3,(H,20,21). The van der Waals surface area contributed by atoms with Crippen LogP contribution in [0.1, 0.15) is 12.5 Å². The van der Waals surface area contributed by atoms with Gasteiger partial charge in [0.15, 0.2) is 0 Å². The maximum Gasteiger partial charge on any atom is 0.329 e. The highest BCUT2D eigenvalue weighted by Crippen LogP contribution is 2.23. The molecule has 110 valence electrons. The molecule has 0 aliphatic carbocycles. The lowest BCUT2D eigenvalue weighted by Gasteiger charge is -2.28. The normalized spacial score (nSPS) is 13.5. The lowest BCUT2D eigenvalue weighted by atomic mass is 9.92. The molecule has 21 heavy (non-hydrogen) atoms. The van der Waals surface area contributed by atoms with Crippen LogP contribution in [-0.2, 0) is 11.2 Å². The van der Waals surface area contributed by atoms with Crippen molar-refractivity contribution in [3.8, 4) is 0 Å². The minimum atomic E-state index is -1.34. The number of halogens is 2. The summed E-state index contributed by atoms with van der Waals surface area (Å²) in [4.78, 5) is 11.6. The molecule has 2 aromatic carbocycles. The third kappa shape index (κ3) is 3.73. The Bertz CT molecular complexity index is 662. The molecule has 0 aliphatic rings. The van der Waals surface area contributed by atoms with Crippen LogP contribution in [0.4, 0.5) is 10.1 Å². The van der Waals surface area contributed by atoms with Crippen LogP contribution in [0.15, 0.2) is 48.5 Å². The van der Waals surface area contributed by atoms with Crippen LogP contribution in [0.25, 0.3) is 0 Å². The Hall–Kier alpha value is -2.07. The summed E-state index contributed by atoms with van der Waals surface area (Å²) in [6.07, 6.45) is 0.0154. The molecular weight excluding hydrogens is 293 g/mol. The molecule has 1 unspecified atom stereocenters. The number of carbonyl (C=O) groups is 1. The van der Waals surface area contributed by atoms with Crippen molar-refractivity contribution in [1.29, 1.82) is 0 Å².